The standard InChI is InChI=1S/C14H19F2NO3/c1-14(2,3)20-13(19)17-12(4-5-18)9-6-10(15)8-11(16)7-9/h6-8,12,18H,4-5H2,1-3H3,(H,17,19)/t12-/m0/s1. The van der Waals surface area contributed by atoms with E-state index in [-0.39, 0.29) is 18.6 Å². The minimum absolute atomic E-state index is 0.127. The molecule has 1 rings (SSSR count). The van der Waals surface area contributed by atoms with E-state index in [0.717, 1.165) is 18.2 Å². The lowest BCUT2D eigenvalue weighted by Crippen LogP contribution is -2.35. The maximum absolute atomic E-state index is 13.2. The predicted molar refractivity (Wildman–Crippen MR) is 70.2 cm³/mol. The van der Waals surface area contributed by atoms with E-state index in [1.54, 1.807) is 20.8 Å². The molecule has 4 nitrogen and oxygen atoms in total. The molecule has 2 N–H and O–H groups in total. The van der Waals surface area contributed by atoms with E-state index in [1.165, 1.54) is 0 Å². The number of aliphatic hydroxyl groups is 1. The second-order valence-electron chi connectivity index (χ2n) is 5.41. The van der Waals surface area contributed by atoms with Gasteiger partial charge in [-0.05, 0) is 44.9 Å². The Hall–Kier alpha value is -1.69. The summed E-state index contributed by atoms with van der Waals surface area (Å²) in [5, 5.41) is 11.5. The number of alkyl carbamates (subject to hydrolysis) is 1. The molecule has 0 saturated carbocycles. The van der Waals surface area contributed by atoms with Crippen molar-refractivity contribution in [1.82, 2.24) is 5.32 Å². The number of carbonyl (C=O) groups is 1. The van der Waals surface area contributed by atoms with Crippen LogP contribution in [0.3, 0.4) is 0 Å². The molecule has 0 aliphatic rings. The van der Waals surface area contributed by atoms with Crippen LogP contribution in [0.2, 0.25) is 0 Å². The highest BCUT2D eigenvalue weighted by Crippen LogP contribution is 2.20. The van der Waals surface area contributed by atoms with E-state index >= 15 is 0 Å². The Labute approximate surface area is 116 Å². The van der Waals surface area contributed by atoms with Gasteiger partial charge in [-0.2, -0.15) is 0 Å². The van der Waals surface area contributed by atoms with Crippen molar-refractivity contribution in [3.8, 4) is 0 Å². The normalized spacial score (nSPS) is 12.9. The Kier molecular flexibility index (Phi) is 5.44. The number of carbonyl (C=O) groups excluding carboxylic acids is 1. The van der Waals surface area contributed by atoms with Crippen molar-refractivity contribution in [2.45, 2.75) is 38.8 Å². The van der Waals surface area contributed by atoms with Crippen LogP contribution in [0, 0.1) is 11.6 Å². The van der Waals surface area contributed by atoms with Gasteiger partial charge >= 0.3 is 6.09 Å². The van der Waals surface area contributed by atoms with Crippen LogP contribution >= 0.6 is 0 Å². The van der Waals surface area contributed by atoms with Crippen LogP contribution in [0.15, 0.2) is 18.2 Å². The zero-order valence-electron chi connectivity index (χ0n) is 11.7. The average molecular weight is 287 g/mol. The molecule has 112 valence electrons. The van der Waals surface area contributed by atoms with E-state index < -0.39 is 29.4 Å². The van der Waals surface area contributed by atoms with E-state index in [0.29, 0.717) is 0 Å². The summed E-state index contributed by atoms with van der Waals surface area (Å²) in [5.41, 5.74) is -0.441. The highest BCUT2D eigenvalue weighted by molar-refractivity contribution is 5.68. The van der Waals surface area contributed by atoms with Crippen LogP contribution in [-0.2, 0) is 4.74 Å². The third-order valence-corrected chi connectivity index (χ3v) is 2.40. The van der Waals surface area contributed by atoms with Crippen LogP contribution in [0.4, 0.5) is 13.6 Å². The number of hydrogen-bond acceptors (Lipinski definition) is 3. The maximum Gasteiger partial charge on any atom is 0.408 e. The molecule has 0 aliphatic heterocycles. The Balaban J connectivity index is 2.86. The van der Waals surface area contributed by atoms with Crippen LogP contribution in [0.5, 0.6) is 0 Å². The summed E-state index contributed by atoms with van der Waals surface area (Å²) in [6.07, 6.45) is -0.581. The van der Waals surface area contributed by atoms with Crippen molar-refractivity contribution in [3.05, 3.63) is 35.4 Å². The lowest BCUT2D eigenvalue weighted by molar-refractivity contribution is 0.0496. The lowest BCUT2D eigenvalue weighted by atomic mass is 10.0. The van der Waals surface area contributed by atoms with Crippen LogP contribution in [0.1, 0.15) is 38.8 Å². The molecule has 0 aliphatic carbocycles. The third-order valence-electron chi connectivity index (χ3n) is 2.40. The number of halogens is 2. The molecule has 6 heteroatoms. The lowest BCUT2D eigenvalue weighted by Gasteiger charge is -2.23. The summed E-state index contributed by atoms with van der Waals surface area (Å²) in [6, 6.07) is 2.24. The summed E-state index contributed by atoms with van der Waals surface area (Å²) in [6.45, 7) is 4.87. The van der Waals surface area contributed by atoms with Crippen molar-refractivity contribution in [2.24, 2.45) is 0 Å². The van der Waals surface area contributed by atoms with Crippen LogP contribution < -0.4 is 5.32 Å². The Morgan fingerprint density at radius 1 is 1.30 bits per heavy atom. The monoisotopic (exact) mass is 287 g/mol. The van der Waals surface area contributed by atoms with Gasteiger partial charge in [0.05, 0.1) is 6.04 Å². The van der Waals surface area contributed by atoms with Crippen molar-refractivity contribution in [3.63, 3.8) is 0 Å². The van der Waals surface area contributed by atoms with Crippen LogP contribution in [0.25, 0.3) is 0 Å². The van der Waals surface area contributed by atoms with Gasteiger partial charge in [0.1, 0.15) is 17.2 Å². The largest absolute Gasteiger partial charge is 0.444 e. The van der Waals surface area contributed by atoms with Gasteiger partial charge in [0.25, 0.3) is 0 Å². The molecule has 1 amide bonds. The van der Waals surface area contributed by atoms with E-state index in [2.05, 4.69) is 5.32 Å². The summed E-state index contributed by atoms with van der Waals surface area (Å²) >= 11 is 0. The number of rotatable bonds is 4. The van der Waals surface area contributed by atoms with Gasteiger partial charge in [-0.1, -0.05) is 0 Å². The molecule has 0 spiro atoms. The molecule has 0 bridgehead atoms. The van der Waals surface area contributed by atoms with Crippen LogP contribution in [-0.4, -0.2) is 23.4 Å². The number of hydrogen-bond donors (Lipinski definition) is 2. The Morgan fingerprint density at radius 3 is 2.30 bits per heavy atom. The summed E-state index contributed by atoms with van der Waals surface area (Å²) in [7, 11) is 0. The molecule has 1 aromatic rings. The van der Waals surface area contributed by atoms with Crippen molar-refractivity contribution < 1.29 is 23.4 Å². The predicted octanol–water partition coefficient (Wildman–Crippen LogP) is 2.91. The second-order valence-corrected chi connectivity index (χ2v) is 5.41. The molecule has 0 saturated heterocycles. The molecule has 1 aromatic carbocycles. The third kappa shape index (κ3) is 5.52. The highest BCUT2D eigenvalue weighted by atomic mass is 19.1. The molecule has 0 unspecified atom stereocenters. The molecule has 0 radical (unpaired) electrons. The molecule has 0 fully saturated rings. The topological polar surface area (TPSA) is 58.6 Å². The molecule has 0 heterocycles. The molecule has 0 aromatic heterocycles. The first-order valence-corrected chi connectivity index (χ1v) is 6.27. The quantitative estimate of drug-likeness (QED) is 0.895. The van der Waals surface area contributed by atoms with Gasteiger partial charge in [-0.15, -0.1) is 0 Å². The van der Waals surface area contributed by atoms with E-state index in [9.17, 15) is 13.6 Å². The first-order valence-electron chi connectivity index (χ1n) is 6.27. The van der Waals surface area contributed by atoms with Gasteiger partial charge in [0.2, 0.25) is 0 Å². The van der Waals surface area contributed by atoms with E-state index in [4.69, 9.17) is 9.84 Å². The fourth-order valence-corrected chi connectivity index (χ4v) is 1.68. The molecular formula is C14H19F2NO3. The number of benzene rings is 1. The zero-order chi connectivity index (χ0) is 15.3. The van der Waals surface area contributed by atoms with E-state index in [1.807, 2.05) is 0 Å². The highest BCUT2D eigenvalue weighted by Gasteiger charge is 2.21. The minimum Gasteiger partial charge on any atom is -0.444 e. The Bertz CT molecular complexity index is 452. The van der Waals surface area contributed by atoms with Gasteiger partial charge in [0, 0.05) is 12.7 Å². The van der Waals surface area contributed by atoms with Gasteiger partial charge in [-0.3, -0.25) is 0 Å². The SMILES string of the molecule is CC(C)(C)OC(=O)N[C@@H](CCO)c1cc(F)cc(F)c1. The first-order chi connectivity index (χ1) is 9.21. The number of ether oxygens (including phenoxy) is 1. The first kappa shape index (κ1) is 16.4. The Morgan fingerprint density at radius 2 is 1.85 bits per heavy atom. The number of aliphatic hydroxyl groups excluding tert-OH is 1. The maximum atomic E-state index is 13.2. The van der Waals surface area contributed by atoms with Gasteiger partial charge in [0.15, 0.2) is 0 Å². The average Bonchev–Trinajstić information content (AvgIpc) is 2.24. The van der Waals surface area contributed by atoms with Gasteiger partial charge in [-0.25, -0.2) is 13.6 Å². The molecular weight excluding hydrogens is 268 g/mol. The minimum atomic E-state index is -0.742. The summed E-state index contributed by atoms with van der Waals surface area (Å²) in [5.74, 6) is -1.48. The van der Waals surface area contributed by atoms with Crippen molar-refractivity contribution in [2.75, 3.05) is 6.61 Å². The summed E-state index contributed by atoms with van der Waals surface area (Å²) in [4.78, 5) is 11.7. The second kappa shape index (κ2) is 6.65. The summed E-state index contributed by atoms with van der Waals surface area (Å²) < 4.78 is 31.5. The number of amides is 1. The molecule has 20 heavy (non-hydrogen) atoms. The fraction of sp³-hybridized carbons (Fsp3) is 0.500. The molecule has 1 atom stereocenters. The fourth-order valence-electron chi connectivity index (χ4n) is 1.68. The van der Waals surface area contributed by atoms with Crippen molar-refractivity contribution >= 4 is 6.09 Å². The van der Waals surface area contributed by atoms with Crippen molar-refractivity contribution in [1.29, 1.82) is 0 Å². The van der Waals surface area contributed by atoms with Gasteiger partial charge < -0.3 is 15.2 Å². The smallest absolute Gasteiger partial charge is 0.408 e. The number of nitrogens with one attached hydrogen (secondary N) is 1. The zero-order valence-corrected chi connectivity index (χ0v) is 11.7.